The van der Waals surface area contributed by atoms with Gasteiger partial charge in [0.25, 0.3) is 0 Å². The second-order valence-corrected chi connectivity index (χ2v) is 5.40. The van der Waals surface area contributed by atoms with Crippen LogP contribution in [0.5, 0.6) is 5.75 Å². The topological polar surface area (TPSA) is 52.6 Å². The highest BCUT2D eigenvalue weighted by Gasteiger charge is 2.15. The highest BCUT2D eigenvalue weighted by atomic mass is 19.1. The van der Waals surface area contributed by atoms with Gasteiger partial charge in [-0.2, -0.15) is 0 Å². The van der Waals surface area contributed by atoms with Crippen LogP contribution in [0.25, 0.3) is 10.8 Å². The number of carbonyl (C=O) groups excluding carboxylic acids is 2. The smallest absolute Gasteiger partial charge is 0.338 e. The molecule has 0 N–H and O–H groups in total. The Bertz CT molecular complexity index is 950. The summed E-state index contributed by atoms with van der Waals surface area (Å²) in [7, 11) is 1.23. The fourth-order valence-corrected chi connectivity index (χ4v) is 2.65. The average molecular weight is 338 g/mol. The van der Waals surface area contributed by atoms with Crippen molar-refractivity contribution in [2.75, 3.05) is 7.11 Å². The molecular weight excluding hydrogens is 323 g/mol. The van der Waals surface area contributed by atoms with E-state index in [-0.39, 0.29) is 12.2 Å². The van der Waals surface area contributed by atoms with E-state index in [1.807, 2.05) is 30.3 Å². The zero-order chi connectivity index (χ0) is 17.8. The van der Waals surface area contributed by atoms with Gasteiger partial charge < -0.3 is 9.47 Å². The van der Waals surface area contributed by atoms with Gasteiger partial charge in [-0.3, -0.25) is 4.79 Å². The number of hydrogen-bond acceptors (Lipinski definition) is 4. The van der Waals surface area contributed by atoms with Crippen LogP contribution in [0.2, 0.25) is 0 Å². The van der Waals surface area contributed by atoms with Crippen LogP contribution in [0.1, 0.15) is 26.3 Å². The van der Waals surface area contributed by atoms with E-state index in [0.29, 0.717) is 16.9 Å². The lowest BCUT2D eigenvalue weighted by Gasteiger charge is -2.13. The Morgan fingerprint density at radius 2 is 1.92 bits per heavy atom. The van der Waals surface area contributed by atoms with Gasteiger partial charge in [-0.05, 0) is 29.0 Å². The van der Waals surface area contributed by atoms with E-state index in [2.05, 4.69) is 4.74 Å². The maximum atomic E-state index is 13.4. The molecule has 0 aromatic heterocycles. The fourth-order valence-electron chi connectivity index (χ4n) is 2.65. The van der Waals surface area contributed by atoms with Crippen LogP contribution in [0.4, 0.5) is 4.39 Å². The third-order valence-electron chi connectivity index (χ3n) is 3.91. The molecule has 25 heavy (non-hydrogen) atoms. The first-order valence-electron chi connectivity index (χ1n) is 7.60. The molecule has 0 fully saturated rings. The molecule has 0 spiro atoms. The lowest BCUT2D eigenvalue weighted by molar-refractivity contribution is 0.0597. The zero-order valence-electron chi connectivity index (χ0n) is 13.5. The number of rotatable bonds is 5. The summed E-state index contributed by atoms with van der Waals surface area (Å²) >= 11 is 0. The van der Waals surface area contributed by atoms with E-state index in [1.165, 1.54) is 19.2 Å². The maximum absolute atomic E-state index is 13.4. The van der Waals surface area contributed by atoms with Crippen LogP contribution < -0.4 is 4.74 Å². The summed E-state index contributed by atoms with van der Waals surface area (Å²) in [5, 5.41) is 1.70. The van der Waals surface area contributed by atoms with E-state index in [0.717, 1.165) is 23.1 Å². The number of hydrogen-bond donors (Lipinski definition) is 0. The average Bonchev–Trinajstić information content (AvgIpc) is 2.65. The first kappa shape index (κ1) is 16.6. The second kappa shape index (κ2) is 7.13. The van der Waals surface area contributed by atoms with E-state index in [4.69, 9.17) is 4.74 Å². The molecule has 0 unspecified atom stereocenters. The predicted molar refractivity (Wildman–Crippen MR) is 91.4 cm³/mol. The summed E-state index contributed by atoms with van der Waals surface area (Å²) in [4.78, 5) is 23.3. The third-order valence-corrected chi connectivity index (χ3v) is 3.91. The van der Waals surface area contributed by atoms with E-state index in [9.17, 15) is 14.0 Å². The third kappa shape index (κ3) is 3.35. The van der Waals surface area contributed by atoms with Gasteiger partial charge in [-0.15, -0.1) is 0 Å². The number of benzene rings is 3. The van der Waals surface area contributed by atoms with E-state index in [1.54, 1.807) is 6.07 Å². The van der Waals surface area contributed by atoms with Crippen LogP contribution >= 0.6 is 0 Å². The van der Waals surface area contributed by atoms with Crippen LogP contribution in [0.15, 0.2) is 54.6 Å². The van der Waals surface area contributed by atoms with Crippen molar-refractivity contribution >= 4 is 23.0 Å². The molecular formula is C20H15FO4. The van der Waals surface area contributed by atoms with Crippen molar-refractivity contribution in [3.63, 3.8) is 0 Å². The van der Waals surface area contributed by atoms with Gasteiger partial charge in [0.2, 0.25) is 0 Å². The van der Waals surface area contributed by atoms with Crippen molar-refractivity contribution in [3.8, 4) is 5.75 Å². The molecule has 5 heteroatoms. The summed E-state index contributed by atoms with van der Waals surface area (Å²) in [6.07, 6.45) is 0.740. The number of fused-ring (bicyclic) bond motifs is 1. The maximum Gasteiger partial charge on any atom is 0.338 e. The number of carbonyl (C=O) groups is 2. The molecule has 0 heterocycles. The molecule has 0 aliphatic heterocycles. The molecule has 126 valence electrons. The first-order valence-corrected chi connectivity index (χ1v) is 7.60. The molecule has 0 saturated carbocycles. The van der Waals surface area contributed by atoms with Crippen LogP contribution in [-0.4, -0.2) is 19.4 Å². The number of halogens is 1. The molecule has 3 rings (SSSR count). The first-order chi connectivity index (χ1) is 12.1. The van der Waals surface area contributed by atoms with E-state index < -0.39 is 11.8 Å². The van der Waals surface area contributed by atoms with Crippen molar-refractivity contribution in [2.45, 2.75) is 6.61 Å². The van der Waals surface area contributed by atoms with Gasteiger partial charge in [0.1, 0.15) is 18.2 Å². The number of esters is 1. The highest BCUT2D eigenvalue weighted by molar-refractivity contribution is 6.00. The summed E-state index contributed by atoms with van der Waals surface area (Å²) in [5.41, 5.74) is 0.994. The number of ether oxygens (including phenoxy) is 2. The monoisotopic (exact) mass is 338 g/mol. The SMILES string of the molecule is COC(=O)c1cc(F)ccc1COc1ccc2ccccc2c1C=O. The zero-order valence-corrected chi connectivity index (χ0v) is 13.5. The minimum absolute atomic E-state index is 0.00386. The minimum atomic E-state index is -0.646. The molecule has 0 aliphatic carbocycles. The Morgan fingerprint density at radius 1 is 1.12 bits per heavy atom. The lowest BCUT2D eigenvalue weighted by Crippen LogP contribution is -2.09. The van der Waals surface area contributed by atoms with Crippen molar-refractivity contribution in [3.05, 3.63) is 77.1 Å². The Hall–Kier alpha value is -3.21. The molecule has 3 aromatic carbocycles. The second-order valence-electron chi connectivity index (χ2n) is 5.40. The summed E-state index contributed by atoms with van der Waals surface area (Å²) in [6.45, 7) is 0.00386. The van der Waals surface area contributed by atoms with Gasteiger partial charge in [0.05, 0.1) is 18.2 Å². The quantitative estimate of drug-likeness (QED) is 0.518. The predicted octanol–water partition coefficient (Wildman–Crippen LogP) is 4.16. The number of aldehydes is 1. The van der Waals surface area contributed by atoms with Crippen molar-refractivity contribution in [2.24, 2.45) is 0 Å². The summed E-state index contributed by atoms with van der Waals surface area (Å²) in [6, 6.07) is 14.8. The molecule has 0 aliphatic rings. The highest BCUT2D eigenvalue weighted by Crippen LogP contribution is 2.27. The molecule has 0 amide bonds. The fraction of sp³-hybridized carbons (Fsp3) is 0.100. The molecule has 0 saturated heterocycles. The van der Waals surface area contributed by atoms with Gasteiger partial charge in [-0.1, -0.05) is 36.4 Å². The van der Waals surface area contributed by atoms with Crippen molar-refractivity contribution in [1.29, 1.82) is 0 Å². The molecule has 4 nitrogen and oxygen atoms in total. The lowest BCUT2D eigenvalue weighted by atomic mass is 10.0. The Morgan fingerprint density at radius 3 is 2.68 bits per heavy atom. The minimum Gasteiger partial charge on any atom is -0.488 e. The van der Waals surface area contributed by atoms with E-state index >= 15 is 0 Å². The Balaban J connectivity index is 1.93. The summed E-state index contributed by atoms with van der Waals surface area (Å²) in [5.74, 6) is -0.788. The van der Waals surface area contributed by atoms with Crippen molar-refractivity contribution in [1.82, 2.24) is 0 Å². The molecule has 0 atom stereocenters. The van der Waals surface area contributed by atoms with Gasteiger partial charge in [0, 0.05) is 5.56 Å². The van der Waals surface area contributed by atoms with Gasteiger partial charge in [-0.25, -0.2) is 9.18 Å². The Labute approximate surface area is 143 Å². The normalized spacial score (nSPS) is 10.5. The van der Waals surface area contributed by atoms with Crippen LogP contribution in [0.3, 0.4) is 0 Å². The molecule has 0 radical (unpaired) electrons. The molecule has 0 bridgehead atoms. The number of methoxy groups -OCH3 is 1. The van der Waals surface area contributed by atoms with Gasteiger partial charge in [0.15, 0.2) is 6.29 Å². The summed E-state index contributed by atoms with van der Waals surface area (Å²) < 4.78 is 23.8. The Kier molecular flexibility index (Phi) is 4.75. The van der Waals surface area contributed by atoms with Gasteiger partial charge >= 0.3 is 5.97 Å². The largest absolute Gasteiger partial charge is 0.488 e. The standard InChI is InChI=1S/C20H15FO4/c1-24-20(23)17-10-15(21)8-6-14(17)12-25-19-9-7-13-4-2-3-5-16(13)18(19)11-22/h2-11H,12H2,1H3. The molecule has 3 aromatic rings. The van der Waals surface area contributed by atoms with Crippen LogP contribution in [0, 0.1) is 5.82 Å². The van der Waals surface area contributed by atoms with Crippen LogP contribution in [-0.2, 0) is 11.3 Å². The van der Waals surface area contributed by atoms with Crippen molar-refractivity contribution < 1.29 is 23.5 Å².